The zero-order valence-corrected chi connectivity index (χ0v) is 11.3. The molecular weight excluding hydrogens is 224 g/mol. The maximum atomic E-state index is 11.5. The number of hydrogen-bond donors (Lipinski definition) is 1. The molecule has 1 heterocycles. The molecule has 3 heteroatoms. The summed E-state index contributed by atoms with van der Waals surface area (Å²) >= 11 is 0. The predicted octanol–water partition coefficient (Wildman–Crippen LogP) is 2.49. The summed E-state index contributed by atoms with van der Waals surface area (Å²) in [5.74, 6) is 0.162. The Morgan fingerprint density at radius 2 is 2.28 bits per heavy atom. The molecule has 0 fully saturated rings. The van der Waals surface area contributed by atoms with Crippen LogP contribution in [0.25, 0.3) is 0 Å². The highest BCUT2D eigenvalue weighted by atomic mass is 16.1. The third kappa shape index (κ3) is 3.03. The lowest BCUT2D eigenvalue weighted by Gasteiger charge is -2.12. The van der Waals surface area contributed by atoms with Crippen molar-refractivity contribution in [3.8, 4) is 0 Å². The van der Waals surface area contributed by atoms with Crippen molar-refractivity contribution in [1.29, 1.82) is 0 Å². The van der Waals surface area contributed by atoms with E-state index in [1.54, 1.807) is 0 Å². The lowest BCUT2D eigenvalue weighted by atomic mass is 10.1. The van der Waals surface area contributed by atoms with Crippen LogP contribution in [0.2, 0.25) is 0 Å². The Labute approximate surface area is 109 Å². The van der Waals surface area contributed by atoms with Crippen LogP contribution >= 0.6 is 0 Å². The van der Waals surface area contributed by atoms with Crippen LogP contribution in [0, 0.1) is 0 Å². The minimum absolute atomic E-state index is 0.162. The summed E-state index contributed by atoms with van der Waals surface area (Å²) in [7, 11) is 2.12. The van der Waals surface area contributed by atoms with Crippen LogP contribution in [0.4, 0.5) is 5.69 Å². The highest BCUT2D eigenvalue weighted by molar-refractivity contribution is 5.75. The topological polar surface area (TPSA) is 32.3 Å². The third-order valence-electron chi connectivity index (χ3n) is 3.52. The minimum Gasteiger partial charge on any atom is -0.374 e. The molecule has 0 radical (unpaired) electrons. The van der Waals surface area contributed by atoms with Gasteiger partial charge < -0.3 is 10.2 Å². The smallest absolute Gasteiger partial charge is 0.220 e. The molecule has 0 aromatic heterocycles. The van der Waals surface area contributed by atoms with Crippen LogP contribution in [0.15, 0.2) is 18.2 Å². The highest BCUT2D eigenvalue weighted by Crippen LogP contribution is 2.27. The van der Waals surface area contributed by atoms with E-state index < -0.39 is 0 Å². The average Bonchev–Trinajstić information content (AvgIpc) is 2.75. The highest BCUT2D eigenvalue weighted by Gasteiger charge is 2.15. The zero-order valence-electron chi connectivity index (χ0n) is 11.3. The summed E-state index contributed by atoms with van der Waals surface area (Å²) < 4.78 is 0. The van der Waals surface area contributed by atoms with Crippen LogP contribution < -0.4 is 10.2 Å². The van der Waals surface area contributed by atoms with Gasteiger partial charge in [0.2, 0.25) is 5.91 Å². The first-order chi connectivity index (χ1) is 8.70. The molecule has 0 saturated heterocycles. The number of carbonyl (C=O) groups excluding carboxylic acids is 1. The van der Waals surface area contributed by atoms with Crippen molar-refractivity contribution in [2.45, 2.75) is 39.2 Å². The average molecular weight is 246 g/mol. The summed E-state index contributed by atoms with van der Waals surface area (Å²) in [6.07, 6.45) is 3.80. The third-order valence-corrected chi connectivity index (χ3v) is 3.52. The van der Waals surface area contributed by atoms with Gasteiger partial charge in [-0.3, -0.25) is 4.79 Å². The lowest BCUT2D eigenvalue weighted by molar-refractivity contribution is -0.121. The standard InChI is InChI=1S/C15H22N2O/c1-3-4-5-15(18)16-11-12-6-7-14-13(10-12)8-9-17(14)2/h6-7,10H,3-5,8-9,11H2,1-2H3,(H,16,18). The minimum atomic E-state index is 0.162. The largest absolute Gasteiger partial charge is 0.374 e. The number of benzene rings is 1. The number of carbonyl (C=O) groups is 1. The second-order valence-electron chi connectivity index (χ2n) is 5.01. The van der Waals surface area contributed by atoms with E-state index in [-0.39, 0.29) is 5.91 Å². The van der Waals surface area contributed by atoms with Gasteiger partial charge in [0.05, 0.1) is 0 Å². The van der Waals surface area contributed by atoms with E-state index in [0.29, 0.717) is 13.0 Å². The molecule has 1 aliphatic heterocycles. The van der Waals surface area contributed by atoms with Crippen molar-refractivity contribution in [1.82, 2.24) is 5.32 Å². The number of amides is 1. The zero-order chi connectivity index (χ0) is 13.0. The van der Waals surface area contributed by atoms with Crippen molar-refractivity contribution >= 4 is 11.6 Å². The van der Waals surface area contributed by atoms with Gasteiger partial charge in [-0.2, -0.15) is 0 Å². The van der Waals surface area contributed by atoms with E-state index in [9.17, 15) is 4.79 Å². The maximum Gasteiger partial charge on any atom is 0.220 e. The van der Waals surface area contributed by atoms with E-state index in [1.807, 2.05) is 0 Å². The van der Waals surface area contributed by atoms with Gasteiger partial charge in [0.25, 0.3) is 0 Å². The number of nitrogens with one attached hydrogen (secondary N) is 1. The van der Waals surface area contributed by atoms with Crippen molar-refractivity contribution in [3.63, 3.8) is 0 Å². The van der Waals surface area contributed by atoms with Gasteiger partial charge in [0.1, 0.15) is 0 Å². The lowest BCUT2D eigenvalue weighted by Crippen LogP contribution is -2.22. The molecule has 1 aliphatic rings. The van der Waals surface area contributed by atoms with Crippen LogP contribution in [-0.2, 0) is 17.8 Å². The summed E-state index contributed by atoms with van der Waals surface area (Å²) in [6, 6.07) is 6.50. The number of unbranched alkanes of at least 4 members (excludes halogenated alkanes) is 1. The first kappa shape index (κ1) is 12.9. The Morgan fingerprint density at radius 3 is 3.06 bits per heavy atom. The molecule has 0 spiro atoms. The molecule has 0 atom stereocenters. The molecule has 3 nitrogen and oxygen atoms in total. The van der Waals surface area contributed by atoms with Crippen LogP contribution in [0.1, 0.15) is 37.3 Å². The number of fused-ring (bicyclic) bond motifs is 1. The normalized spacial score (nSPS) is 13.6. The summed E-state index contributed by atoms with van der Waals surface area (Å²) in [5, 5.41) is 2.98. The number of anilines is 1. The molecule has 1 aromatic rings. The molecule has 0 bridgehead atoms. The fourth-order valence-electron chi connectivity index (χ4n) is 2.36. The van der Waals surface area contributed by atoms with Crippen LogP contribution in [0.3, 0.4) is 0 Å². The molecule has 0 unspecified atom stereocenters. The maximum absolute atomic E-state index is 11.5. The van der Waals surface area contributed by atoms with E-state index in [2.05, 4.69) is 42.4 Å². The quantitative estimate of drug-likeness (QED) is 0.865. The Hall–Kier alpha value is -1.51. The fourth-order valence-corrected chi connectivity index (χ4v) is 2.36. The number of likely N-dealkylation sites (N-methyl/N-ethyl adjacent to an activating group) is 1. The van der Waals surface area contributed by atoms with Crippen molar-refractivity contribution in [2.24, 2.45) is 0 Å². The summed E-state index contributed by atoms with van der Waals surface area (Å²) in [5.41, 5.74) is 3.93. The summed E-state index contributed by atoms with van der Waals surface area (Å²) in [4.78, 5) is 13.8. The Bertz CT molecular complexity index is 429. The SMILES string of the molecule is CCCCC(=O)NCc1ccc2c(c1)CCN2C. The Morgan fingerprint density at radius 1 is 1.44 bits per heavy atom. The first-order valence-electron chi connectivity index (χ1n) is 6.80. The van der Waals surface area contributed by atoms with Gasteiger partial charge in [-0.05, 0) is 30.0 Å². The number of hydrogen-bond acceptors (Lipinski definition) is 2. The van der Waals surface area contributed by atoms with Crippen LogP contribution in [-0.4, -0.2) is 19.5 Å². The molecule has 1 N–H and O–H groups in total. The molecule has 0 saturated carbocycles. The molecule has 18 heavy (non-hydrogen) atoms. The van der Waals surface area contributed by atoms with Gasteiger partial charge in [-0.1, -0.05) is 25.5 Å². The molecule has 1 amide bonds. The monoisotopic (exact) mass is 246 g/mol. The second-order valence-corrected chi connectivity index (χ2v) is 5.01. The van der Waals surface area contributed by atoms with Gasteiger partial charge >= 0.3 is 0 Å². The second kappa shape index (κ2) is 5.89. The predicted molar refractivity (Wildman–Crippen MR) is 74.8 cm³/mol. The van der Waals surface area contributed by atoms with Gasteiger partial charge in [0.15, 0.2) is 0 Å². The Kier molecular flexibility index (Phi) is 4.24. The van der Waals surface area contributed by atoms with E-state index >= 15 is 0 Å². The van der Waals surface area contributed by atoms with Gasteiger partial charge in [-0.15, -0.1) is 0 Å². The fraction of sp³-hybridized carbons (Fsp3) is 0.533. The van der Waals surface area contributed by atoms with Crippen molar-refractivity contribution < 1.29 is 4.79 Å². The summed E-state index contributed by atoms with van der Waals surface area (Å²) in [6.45, 7) is 3.85. The first-order valence-corrected chi connectivity index (χ1v) is 6.80. The molecular formula is C15H22N2O. The van der Waals surface area contributed by atoms with Crippen LogP contribution in [0.5, 0.6) is 0 Å². The number of rotatable bonds is 5. The molecule has 0 aliphatic carbocycles. The molecule has 1 aromatic carbocycles. The van der Waals surface area contributed by atoms with E-state index in [0.717, 1.165) is 25.8 Å². The Balaban J connectivity index is 1.89. The molecule has 2 rings (SSSR count). The van der Waals surface area contributed by atoms with Gasteiger partial charge in [0, 0.05) is 32.2 Å². The molecule has 98 valence electrons. The van der Waals surface area contributed by atoms with Crippen molar-refractivity contribution in [3.05, 3.63) is 29.3 Å². The van der Waals surface area contributed by atoms with E-state index in [1.165, 1.54) is 16.8 Å². The number of nitrogens with zero attached hydrogens (tertiary/aromatic N) is 1. The van der Waals surface area contributed by atoms with E-state index in [4.69, 9.17) is 0 Å². The van der Waals surface area contributed by atoms with Gasteiger partial charge in [-0.25, -0.2) is 0 Å². The van der Waals surface area contributed by atoms with Crippen molar-refractivity contribution in [2.75, 3.05) is 18.5 Å².